The molecule has 0 radical (unpaired) electrons. The highest BCUT2D eigenvalue weighted by molar-refractivity contribution is 4.93. The lowest BCUT2D eigenvalue weighted by Crippen LogP contribution is -2.12. The van der Waals surface area contributed by atoms with Crippen molar-refractivity contribution in [1.82, 2.24) is 30.0 Å². The third-order valence-corrected chi connectivity index (χ3v) is 2.06. The SMILES string of the molecule is CN(C)Cc1noc(Cn2cc(CN)nn2)n1. The minimum Gasteiger partial charge on any atom is -0.337 e. The lowest BCUT2D eigenvalue weighted by Gasteiger charge is -2.03. The number of aromatic nitrogens is 5. The smallest absolute Gasteiger partial charge is 0.248 e. The van der Waals surface area contributed by atoms with Gasteiger partial charge in [0.05, 0.1) is 18.4 Å². The lowest BCUT2D eigenvalue weighted by molar-refractivity contribution is 0.342. The van der Waals surface area contributed by atoms with E-state index >= 15 is 0 Å². The summed E-state index contributed by atoms with van der Waals surface area (Å²) in [5, 5.41) is 11.6. The van der Waals surface area contributed by atoms with Crippen LogP contribution in [0, 0.1) is 0 Å². The van der Waals surface area contributed by atoms with Crippen LogP contribution in [0.2, 0.25) is 0 Å². The van der Waals surface area contributed by atoms with Crippen molar-refractivity contribution in [3.8, 4) is 0 Å². The zero-order valence-electron chi connectivity index (χ0n) is 9.87. The molecule has 0 aromatic carbocycles. The number of hydrogen-bond donors (Lipinski definition) is 1. The van der Waals surface area contributed by atoms with E-state index in [2.05, 4.69) is 20.5 Å². The minimum atomic E-state index is 0.371. The van der Waals surface area contributed by atoms with E-state index in [4.69, 9.17) is 10.3 Å². The van der Waals surface area contributed by atoms with Gasteiger partial charge < -0.3 is 15.2 Å². The Bertz CT molecular complexity index is 475. The first kappa shape index (κ1) is 11.7. The van der Waals surface area contributed by atoms with Crippen molar-refractivity contribution >= 4 is 0 Å². The molecule has 2 aromatic heterocycles. The highest BCUT2D eigenvalue weighted by Crippen LogP contribution is 2.02. The first-order chi connectivity index (χ1) is 8.17. The van der Waals surface area contributed by atoms with E-state index in [1.54, 1.807) is 10.9 Å². The van der Waals surface area contributed by atoms with Crippen molar-refractivity contribution in [3.05, 3.63) is 23.6 Å². The number of nitrogens with two attached hydrogens (primary N) is 1. The predicted molar refractivity (Wildman–Crippen MR) is 58.7 cm³/mol. The molecule has 17 heavy (non-hydrogen) atoms. The molecule has 2 aromatic rings. The van der Waals surface area contributed by atoms with E-state index in [-0.39, 0.29) is 0 Å². The highest BCUT2D eigenvalue weighted by atomic mass is 16.5. The molecular formula is C9H15N7O. The molecule has 0 amide bonds. The van der Waals surface area contributed by atoms with Gasteiger partial charge in [-0.2, -0.15) is 4.98 Å². The second-order valence-corrected chi connectivity index (χ2v) is 3.95. The molecule has 8 nitrogen and oxygen atoms in total. The van der Waals surface area contributed by atoms with Gasteiger partial charge in [-0.25, -0.2) is 4.68 Å². The average Bonchev–Trinajstić information content (AvgIpc) is 2.88. The van der Waals surface area contributed by atoms with E-state index in [0.717, 1.165) is 5.69 Å². The Labute approximate surface area is 98.4 Å². The minimum absolute atomic E-state index is 0.371. The monoisotopic (exact) mass is 237 g/mol. The molecule has 92 valence electrons. The predicted octanol–water partition coefficient (Wildman–Crippen LogP) is -0.770. The summed E-state index contributed by atoms with van der Waals surface area (Å²) in [6.07, 6.45) is 1.76. The Morgan fingerprint density at radius 1 is 1.47 bits per heavy atom. The first-order valence-corrected chi connectivity index (χ1v) is 5.22. The molecule has 0 aliphatic heterocycles. The van der Waals surface area contributed by atoms with Crippen molar-refractivity contribution in [2.75, 3.05) is 14.1 Å². The third-order valence-electron chi connectivity index (χ3n) is 2.06. The zero-order chi connectivity index (χ0) is 12.3. The standard InChI is InChI=1S/C9H15N7O/c1-15(2)5-8-11-9(17-13-8)6-16-4-7(3-10)12-14-16/h4H,3,5-6,10H2,1-2H3. The average molecular weight is 237 g/mol. The summed E-state index contributed by atoms with van der Waals surface area (Å²) in [5.74, 6) is 1.17. The van der Waals surface area contributed by atoms with Gasteiger partial charge in [0.1, 0.15) is 6.54 Å². The molecule has 0 unspecified atom stereocenters. The molecule has 0 atom stereocenters. The molecule has 2 N–H and O–H groups in total. The summed E-state index contributed by atoms with van der Waals surface area (Å²) in [4.78, 5) is 6.21. The van der Waals surface area contributed by atoms with E-state index in [1.165, 1.54) is 0 Å². The van der Waals surface area contributed by atoms with Crippen LogP contribution in [0.15, 0.2) is 10.7 Å². The van der Waals surface area contributed by atoms with Gasteiger partial charge in [-0.1, -0.05) is 10.4 Å². The third kappa shape index (κ3) is 3.08. The molecule has 0 fully saturated rings. The normalized spacial score (nSPS) is 11.3. The molecule has 0 spiro atoms. The molecule has 0 saturated carbocycles. The van der Waals surface area contributed by atoms with Gasteiger partial charge >= 0.3 is 0 Å². The maximum atomic E-state index is 5.44. The maximum Gasteiger partial charge on any atom is 0.248 e. The fourth-order valence-electron chi connectivity index (χ4n) is 1.35. The second kappa shape index (κ2) is 5.02. The van der Waals surface area contributed by atoms with Crippen molar-refractivity contribution in [2.45, 2.75) is 19.6 Å². The van der Waals surface area contributed by atoms with Crippen molar-refractivity contribution in [3.63, 3.8) is 0 Å². The van der Waals surface area contributed by atoms with E-state index < -0.39 is 0 Å². The summed E-state index contributed by atoms with van der Waals surface area (Å²) in [5.41, 5.74) is 6.18. The first-order valence-electron chi connectivity index (χ1n) is 5.22. The highest BCUT2D eigenvalue weighted by Gasteiger charge is 2.08. The number of hydrogen-bond acceptors (Lipinski definition) is 7. The fourth-order valence-corrected chi connectivity index (χ4v) is 1.35. The Morgan fingerprint density at radius 2 is 2.29 bits per heavy atom. The van der Waals surface area contributed by atoms with E-state index in [9.17, 15) is 0 Å². The van der Waals surface area contributed by atoms with Gasteiger partial charge in [0.15, 0.2) is 5.82 Å². The summed E-state index contributed by atoms with van der Waals surface area (Å²) >= 11 is 0. The topological polar surface area (TPSA) is 98.9 Å². The number of rotatable bonds is 5. The van der Waals surface area contributed by atoms with Crippen molar-refractivity contribution in [2.24, 2.45) is 5.73 Å². The van der Waals surface area contributed by atoms with Crippen LogP contribution in [-0.4, -0.2) is 44.1 Å². The number of nitrogens with zero attached hydrogens (tertiary/aromatic N) is 6. The van der Waals surface area contributed by atoms with Gasteiger partial charge in [0.2, 0.25) is 5.89 Å². The van der Waals surface area contributed by atoms with Crippen molar-refractivity contribution in [1.29, 1.82) is 0 Å². The lowest BCUT2D eigenvalue weighted by atomic mass is 10.5. The maximum absolute atomic E-state index is 5.44. The Kier molecular flexibility index (Phi) is 3.45. The molecule has 0 aliphatic rings. The molecule has 8 heteroatoms. The molecule has 2 heterocycles. The van der Waals surface area contributed by atoms with Gasteiger partial charge in [0.25, 0.3) is 0 Å². The Balaban J connectivity index is 2.01. The quantitative estimate of drug-likeness (QED) is 0.728. The van der Waals surface area contributed by atoms with Crippen LogP contribution in [0.5, 0.6) is 0 Å². The van der Waals surface area contributed by atoms with E-state index in [0.29, 0.717) is 31.3 Å². The van der Waals surface area contributed by atoms with Crippen LogP contribution in [0.25, 0.3) is 0 Å². The van der Waals surface area contributed by atoms with Gasteiger partial charge in [-0.3, -0.25) is 0 Å². The largest absolute Gasteiger partial charge is 0.337 e. The van der Waals surface area contributed by atoms with Crippen LogP contribution >= 0.6 is 0 Å². The van der Waals surface area contributed by atoms with Gasteiger partial charge in [0, 0.05) is 6.54 Å². The summed E-state index contributed by atoms with van der Waals surface area (Å²) < 4.78 is 6.72. The molecule has 0 saturated heterocycles. The summed E-state index contributed by atoms with van der Waals surface area (Å²) in [7, 11) is 3.89. The Morgan fingerprint density at radius 3 is 2.94 bits per heavy atom. The van der Waals surface area contributed by atoms with Gasteiger partial charge in [-0.05, 0) is 14.1 Å². The van der Waals surface area contributed by atoms with Crippen LogP contribution < -0.4 is 5.73 Å². The van der Waals surface area contributed by atoms with Gasteiger partial charge in [-0.15, -0.1) is 5.10 Å². The van der Waals surface area contributed by atoms with Crippen LogP contribution in [-0.2, 0) is 19.6 Å². The Hall–Kier alpha value is -1.80. The molecule has 0 bridgehead atoms. The summed E-state index contributed by atoms with van der Waals surface area (Å²) in [6.45, 7) is 1.43. The van der Waals surface area contributed by atoms with Crippen molar-refractivity contribution < 1.29 is 4.52 Å². The summed E-state index contributed by atoms with van der Waals surface area (Å²) in [6, 6.07) is 0. The zero-order valence-corrected chi connectivity index (χ0v) is 9.87. The second-order valence-electron chi connectivity index (χ2n) is 3.95. The van der Waals surface area contributed by atoms with Crippen LogP contribution in [0.1, 0.15) is 17.4 Å². The molecular weight excluding hydrogens is 222 g/mol. The molecule has 0 aliphatic carbocycles. The van der Waals surface area contributed by atoms with E-state index in [1.807, 2.05) is 19.0 Å². The molecule has 2 rings (SSSR count). The van der Waals surface area contributed by atoms with Crippen LogP contribution in [0.3, 0.4) is 0 Å². The fraction of sp³-hybridized carbons (Fsp3) is 0.556. The van der Waals surface area contributed by atoms with Crippen LogP contribution in [0.4, 0.5) is 0 Å².